The van der Waals surface area contributed by atoms with Crippen LogP contribution < -0.4 is 5.73 Å². The van der Waals surface area contributed by atoms with Crippen molar-refractivity contribution < 1.29 is 8.78 Å². The van der Waals surface area contributed by atoms with Crippen LogP contribution in [0, 0.1) is 11.6 Å². The first kappa shape index (κ1) is 10.6. The van der Waals surface area contributed by atoms with E-state index in [1.54, 1.807) is 22.9 Å². The summed E-state index contributed by atoms with van der Waals surface area (Å²) in [5.41, 5.74) is 6.03. The summed E-state index contributed by atoms with van der Waals surface area (Å²) < 4.78 is 27.8. The number of halogens is 2. The smallest absolute Gasteiger partial charge is 0.255 e. The van der Waals surface area contributed by atoms with E-state index in [4.69, 9.17) is 5.73 Å². The molecule has 3 aromatic rings. The molecule has 7 heteroatoms. The van der Waals surface area contributed by atoms with Crippen LogP contribution in [0.4, 0.5) is 14.5 Å². The van der Waals surface area contributed by atoms with Crippen molar-refractivity contribution >= 4 is 11.5 Å². The van der Waals surface area contributed by atoms with Gasteiger partial charge in [0.05, 0.1) is 0 Å². The maximum atomic E-state index is 13.2. The highest BCUT2D eigenvalue weighted by atomic mass is 19.2. The minimum Gasteiger partial charge on any atom is -0.398 e. The second kappa shape index (κ2) is 3.73. The molecule has 18 heavy (non-hydrogen) atoms. The van der Waals surface area contributed by atoms with E-state index in [-0.39, 0.29) is 11.3 Å². The van der Waals surface area contributed by atoms with E-state index in [1.165, 1.54) is 0 Å². The molecule has 0 aliphatic rings. The molecule has 5 nitrogen and oxygen atoms in total. The van der Waals surface area contributed by atoms with Crippen LogP contribution in [0.3, 0.4) is 0 Å². The van der Waals surface area contributed by atoms with Crippen molar-refractivity contribution in [1.29, 1.82) is 0 Å². The van der Waals surface area contributed by atoms with Crippen LogP contribution in [0.5, 0.6) is 0 Å². The van der Waals surface area contributed by atoms with E-state index in [9.17, 15) is 8.78 Å². The molecule has 0 aliphatic heterocycles. The van der Waals surface area contributed by atoms with Gasteiger partial charge in [-0.15, -0.1) is 10.2 Å². The van der Waals surface area contributed by atoms with E-state index < -0.39 is 11.6 Å². The molecule has 0 spiro atoms. The average Bonchev–Trinajstić information content (AvgIpc) is 2.78. The van der Waals surface area contributed by atoms with Crippen molar-refractivity contribution in [3.05, 3.63) is 42.2 Å². The second-order valence-electron chi connectivity index (χ2n) is 3.67. The summed E-state index contributed by atoms with van der Waals surface area (Å²) in [7, 11) is 0. The normalized spacial score (nSPS) is 11.0. The number of hydrogen-bond acceptors (Lipinski definition) is 4. The van der Waals surface area contributed by atoms with Gasteiger partial charge >= 0.3 is 0 Å². The lowest BCUT2D eigenvalue weighted by molar-refractivity contribution is 0.509. The van der Waals surface area contributed by atoms with Gasteiger partial charge in [-0.3, -0.25) is 4.40 Å². The molecule has 2 aromatic heterocycles. The summed E-state index contributed by atoms with van der Waals surface area (Å²) >= 11 is 0. The molecule has 1 aromatic carbocycles. The molecule has 0 fully saturated rings. The van der Waals surface area contributed by atoms with Crippen LogP contribution in [-0.2, 0) is 0 Å². The van der Waals surface area contributed by atoms with Crippen molar-refractivity contribution in [2.45, 2.75) is 0 Å². The van der Waals surface area contributed by atoms with E-state index >= 15 is 0 Å². The molecule has 0 radical (unpaired) electrons. The zero-order valence-corrected chi connectivity index (χ0v) is 9.01. The average molecular weight is 247 g/mol. The van der Waals surface area contributed by atoms with Gasteiger partial charge in [-0.25, -0.2) is 13.8 Å². The van der Waals surface area contributed by atoms with E-state index in [0.29, 0.717) is 11.6 Å². The summed E-state index contributed by atoms with van der Waals surface area (Å²) in [5.74, 6) is -1.31. The third-order valence-electron chi connectivity index (χ3n) is 2.52. The fourth-order valence-corrected chi connectivity index (χ4v) is 1.68. The first-order valence-corrected chi connectivity index (χ1v) is 5.07. The summed E-state index contributed by atoms with van der Waals surface area (Å²) in [4.78, 5) is 3.98. The molecule has 2 heterocycles. The Kier molecular flexibility index (Phi) is 2.19. The summed E-state index contributed by atoms with van der Waals surface area (Å²) in [6, 6.07) is 3.59. The number of anilines is 1. The van der Waals surface area contributed by atoms with Crippen molar-refractivity contribution in [2.24, 2.45) is 0 Å². The molecular formula is C11H7F2N5. The fraction of sp³-hybridized carbons (Fsp3) is 0. The quantitative estimate of drug-likeness (QED) is 0.664. The maximum absolute atomic E-state index is 13.2. The van der Waals surface area contributed by atoms with Crippen LogP contribution in [0.2, 0.25) is 0 Å². The minimum atomic E-state index is -0.997. The van der Waals surface area contributed by atoms with Gasteiger partial charge in [0.2, 0.25) is 0 Å². The predicted molar refractivity (Wildman–Crippen MR) is 60.5 cm³/mol. The summed E-state index contributed by atoms with van der Waals surface area (Å²) in [5, 5.41) is 7.70. The SMILES string of the molecule is Nc1cc(F)c(F)cc1-c1nnc2ncccn12. The highest BCUT2D eigenvalue weighted by molar-refractivity contribution is 5.72. The largest absolute Gasteiger partial charge is 0.398 e. The maximum Gasteiger partial charge on any atom is 0.255 e. The first-order valence-electron chi connectivity index (χ1n) is 5.07. The molecule has 0 saturated heterocycles. The van der Waals surface area contributed by atoms with Crippen LogP contribution >= 0.6 is 0 Å². The Morgan fingerprint density at radius 3 is 2.72 bits per heavy atom. The first-order chi connectivity index (χ1) is 8.66. The highest BCUT2D eigenvalue weighted by Gasteiger charge is 2.14. The lowest BCUT2D eigenvalue weighted by Gasteiger charge is -2.04. The number of nitrogens with two attached hydrogens (primary N) is 1. The number of aromatic nitrogens is 4. The predicted octanol–water partition coefficient (Wildman–Crippen LogP) is 1.65. The zero-order chi connectivity index (χ0) is 12.7. The Morgan fingerprint density at radius 2 is 1.89 bits per heavy atom. The molecule has 2 N–H and O–H groups in total. The van der Waals surface area contributed by atoms with Gasteiger partial charge in [0.15, 0.2) is 17.5 Å². The Balaban J connectivity index is 2.29. The van der Waals surface area contributed by atoms with Gasteiger partial charge in [0, 0.05) is 29.7 Å². The third-order valence-corrected chi connectivity index (χ3v) is 2.52. The topological polar surface area (TPSA) is 69.1 Å². The molecule has 0 unspecified atom stereocenters. The van der Waals surface area contributed by atoms with Crippen LogP contribution in [-0.4, -0.2) is 19.6 Å². The number of fused-ring (bicyclic) bond motifs is 1. The summed E-state index contributed by atoms with van der Waals surface area (Å²) in [6.45, 7) is 0. The Morgan fingerprint density at radius 1 is 1.11 bits per heavy atom. The third kappa shape index (κ3) is 1.48. The highest BCUT2D eigenvalue weighted by Crippen LogP contribution is 2.26. The number of nitrogen functional groups attached to an aromatic ring is 1. The van der Waals surface area contributed by atoms with Crippen LogP contribution in [0.1, 0.15) is 0 Å². The molecule has 0 amide bonds. The molecule has 0 bridgehead atoms. The fourth-order valence-electron chi connectivity index (χ4n) is 1.68. The second-order valence-corrected chi connectivity index (χ2v) is 3.67. The van der Waals surface area contributed by atoms with Gasteiger partial charge < -0.3 is 5.73 Å². The summed E-state index contributed by atoms with van der Waals surface area (Å²) in [6.07, 6.45) is 3.22. The van der Waals surface area contributed by atoms with Crippen LogP contribution in [0.15, 0.2) is 30.6 Å². The standard InChI is InChI=1S/C11H7F2N5/c12-7-4-6(9(14)5-8(7)13)10-16-17-11-15-2-1-3-18(10)11/h1-5H,14H2. The molecule has 90 valence electrons. The van der Waals surface area contributed by atoms with Crippen molar-refractivity contribution in [2.75, 3.05) is 5.73 Å². The van der Waals surface area contributed by atoms with Gasteiger partial charge in [0.1, 0.15) is 0 Å². The van der Waals surface area contributed by atoms with E-state index in [1.807, 2.05) is 0 Å². The Labute approximate surface area is 99.9 Å². The Bertz CT molecular complexity index is 737. The Hall–Kier alpha value is -2.57. The van der Waals surface area contributed by atoms with Gasteiger partial charge in [-0.1, -0.05) is 0 Å². The van der Waals surface area contributed by atoms with E-state index in [2.05, 4.69) is 15.2 Å². The molecule has 3 rings (SSSR count). The number of nitrogens with zero attached hydrogens (tertiary/aromatic N) is 4. The number of rotatable bonds is 1. The molecule has 0 aliphatic carbocycles. The lowest BCUT2D eigenvalue weighted by atomic mass is 10.1. The van der Waals surface area contributed by atoms with Crippen molar-refractivity contribution in [3.8, 4) is 11.4 Å². The van der Waals surface area contributed by atoms with E-state index in [0.717, 1.165) is 12.1 Å². The number of hydrogen-bond donors (Lipinski definition) is 1. The molecule has 0 atom stereocenters. The number of benzene rings is 1. The van der Waals surface area contributed by atoms with Gasteiger partial charge in [0.25, 0.3) is 5.78 Å². The van der Waals surface area contributed by atoms with Gasteiger partial charge in [-0.2, -0.15) is 0 Å². The molecular weight excluding hydrogens is 240 g/mol. The van der Waals surface area contributed by atoms with Crippen LogP contribution in [0.25, 0.3) is 17.2 Å². The zero-order valence-electron chi connectivity index (χ0n) is 9.01. The minimum absolute atomic E-state index is 0.0899. The monoisotopic (exact) mass is 247 g/mol. The van der Waals surface area contributed by atoms with Crippen molar-refractivity contribution in [1.82, 2.24) is 19.6 Å². The molecule has 0 saturated carbocycles. The lowest BCUT2D eigenvalue weighted by Crippen LogP contribution is -1.98. The van der Waals surface area contributed by atoms with Gasteiger partial charge in [-0.05, 0) is 12.1 Å². The van der Waals surface area contributed by atoms with Crippen molar-refractivity contribution in [3.63, 3.8) is 0 Å².